The lowest BCUT2D eigenvalue weighted by molar-refractivity contribution is 0.337. The lowest BCUT2D eigenvalue weighted by Crippen LogP contribution is -2.39. The Labute approximate surface area is 415 Å². The van der Waals surface area contributed by atoms with Crippen LogP contribution in [0.2, 0.25) is 0 Å². The molecule has 3 heterocycles. The molecule has 4 aromatic carbocycles. The second kappa shape index (κ2) is 17.4. The number of fused-ring (bicyclic) bond motifs is 11. The van der Waals surface area contributed by atoms with Gasteiger partial charge < -0.3 is 9.80 Å². The van der Waals surface area contributed by atoms with Crippen molar-refractivity contribution in [1.29, 1.82) is 0 Å². The number of hydrogen-bond donors (Lipinski definition) is 0. The van der Waals surface area contributed by atoms with Crippen molar-refractivity contribution in [3.8, 4) is 0 Å². The van der Waals surface area contributed by atoms with Gasteiger partial charge in [0.2, 0.25) is 0 Å². The number of thiophene rings is 1. The van der Waals surface area contributed by atoms with Gasteiger partial charge in [-0.05, 0) is 155 Å². The first-order valence-corrected chi connectivity index (χ1v) is 30.1. The van der Waals surface area contributed by atoms with Crippen molar-refractivity contribution in [2.75, 3.05) is 28.6 Å². The molecule has 0 saturated heterocycles. The van der Waals surface area contributed by atoms with Crippen LogP contribution in [0.4, 0.5) is 17.1 Å². The van der Waals surface area contributed by atoms with E-state index in [1.807, 2.05) is 0 Å². The molecule has 2 nitrogen and oxygen atoms in total. The molecule has 0 spiro atoms. The number of allylic oxidation sites excluding steroid dienone is 10. The zero-order chi connectivity index (χ0) is 47.5. The van der Waals surface area contributed by atoms with Gasteiger partial charge in [-0.2, -0.15) is 0 Å². The summed E-state index contributed by atoms with van der Waals surface area (Å²) in [5.41, 5.74) is 21.3. The molecule has 0 bridgehead atoms. The fraction of sp³-hybridized carbons (Fsp3) is 0.438. The van der Waals surface area contributed by atoms with Crippen molar-refractivity contribution in [1.82, 2.24) is 0 Å². The van der Waals surface area contributed by atoms with Gasteiger partial charge in [0.1, 0.15) is 6.17 Å². The second-order valence-corrected chi connectivity index (χ2v) is 28.0. The van der Waals surface area contributed by atoms with Crippen molar-refractivity contribution < 1.29 is 0 Å². The van der Waals surface area contributed by atoms with Crippen LogP contribution in [-0.2, 0) is 0 Å². The third-order valence-electron chi connectivity index (χ3n) is 17.1. The van der Waals surface area contributed by atoms with E-state index >= 15 is 0 Å². The number of nitrogens with zero attached hydrogens (tertiary/aromatic N) is 2. The number of hydrogen-bond acceptors (Lipinski definition) is 3. The summed E-state index contributed by atoms with van der Waals surface area (Å²) in [5, 5.41) is 2.87. The van der Waals surface area contributed by atoms with E-state index in [2.05, 4.69) is 205 Å². The van der Waals surface area contributed by atoms with Crippen LogP contribution in [0, 0.1) is 37.5 Å². The average Bonchev–Trinajstić information content (AvgIpc) is 4.07. The smallest absolute Gasteiger partial charge is 0.135 e. The Kier molecular flexibility index (Phi) is 11.8. The second-order valence-electron chi connectivity index (χ2n) is 22.9. The SMILES string of the molecule is CCCC(CC)CC1=CC2C3=C(CCC=C3)C(C3c4cc(C)c5c(sc6cc(C)ccc65)c4C4N(c5c(C(C)C)cc(C6C=CC=CC6)cc5C(C)C)c5ccccc5N34)C(C)C2=C1S(C)(C)C. The summed E-state index contributed by atoms with van der Waals surface area (Å²) in [7, 11) is -1.04. The first-order chi connectivity index (χ1) is 32.7. The molecule has 7 atom stereocenters. The highest BCUT2D eigenvalue weighted by Gasteiger charge is 2.56. The molecule has 354 valence electrons. The highest BCUT2D eigenvalue weighted by atomic mass is 32.3. The van der Waals surface area contributed by atoms with E-state index in [0.717, 1.165) is 25.2 Å². The molecule has 0 saturated carbocycles. The summed E-state index contributed by atoms with van der Waals surface area (Å²) in [6, 6.07) is 24.9. The fourth-order valence-electron chi connectivity index (χ4n) is 14.2. The van der Waals surface area contributed by atoms with Crippen LogP contribution in [-0.4, -0.2) is 18.8 Å². The normalized spacial score (nSPS) is 24.7. The largest absolute Gasteiger partial charge is 0.337 e. The molecule has 5 aromatic rings. The van der Waals surface area contributed by atoms with Crippen LogP contribution in [0.5, 0.6) is 0 Å². The Morgan fingerprint density at radius 1 is 0.868 bits per heavy atom. The molecule has 7 unspecified atom stereocenters. The topological polar surface area (TPSA) is 6.48 Å². The van der Waals surface area contributed by atoms with Crippen molar-refractivity contribution in [2.45, 2.75) is 137 Å². The van der Waals surface area contributed by atoms with Gasteiger partial charge in [-0.1, -0.05) is 158 Å². The molecular formula is C64H76N2S2. The van der Waals surface area contributed by atoms with Crippen LogP contribution >= 0.6 is 21.4 Å². The molecule has 0 amide bonds. The Bertz CT molecular complexity index is 3010. The van der Waals surface area contributed by atoms with Crippen LogP contribution in [0.25, 0.3) is 20.2 Å². The van der Waals surface area contributed by atoms with Crippen molar-refractivity contribution in [3.05, 3.63) is 169 Å². The molecule has 4 aliphatic carbocycles. The third-order valence-corrected chi connectivity index (χ3v) is 20.0. The van der Waals surface area contributed by atoms with Gasteiger partial charge in [0.15, 0.2) is 0 Å². The van der Waals surface area contributed by atoms with Gasteiger partial charge in [0, 0.05) is 43.5 Å². The lowest BCUT2D eigenvalue weighted by atomic mass is 9.63. The van der Waals surface area contributed by atoms with E-state index in [1.165, 1.54) is 90.7 Å². The van der Waals surface area contributed by atoms with Crippen LogP contribution in [0.3, 0.4) is 0 Å². The molecule has 2 aliphatic heterocycles. The monoisotopic (exact) mass is 937 g/mol. The van der Waals surface area contributed by atoms with E-state index < -0.39 is 10.0 Å². The predicted octanol–water partition coefficient (Wildman–Crippen LogP) is 18.9. The first-order valence-electron chi connectivity index (χ1n) is 26.4. The Balaban J connectivity index is 1.20. The zero-order valence-corrected chi connectivity index (χ0v) is 44.8. The maximum absolute atomic E-state index is 3.00. The summed E-state index contributed by atoms with van der Waals surface area (Å²) in [6.07, 6.45) is 33.4. The van der Waals surface area contributed by atoms with Gasteiger partial charge >= 0.3 is 0 Å². The maximum atomic E-state index is 3.00. The number of rotatable bonds is 11. The molecule has 68 heavy (non-hydrogen) atoms. The minimum atomic E-state index is -1.04. The highest BCUT2D eigenvalue weighted by molar-refractivity contribution is 8.35. The minimum Gasteiger partial charge on any atom is -0.337 e. The van der Waals surface area contributed by atoms with Crippen LogP contribution < -0.4 is 9.80 Å². The van der Waals surface area contributed by atoms with E-state index in [9.17, 15) is 0 Å². The minimum absolute atomic E-state index is 0.0226. The van der Waals surface area contributed by atoms with Crippen molar-refractivity contribution >= 4 is 58.6 Å². The molecule has 0 radical (unpaired) electrons. The molecule has 0 N–H and O–H groups in total. The molecule has 11 rings (SSSR count). The van der Waals surface area contributed by atoms with Crippen molar-refractivity contribution in [3.63, 3.8) is 0 Å². The summed E-state index contributed by atoms with van der Waals surface area (Å²) in [6.45, 7) is 21.9. The molecule has 0 fully saturated rings. The third kappa shape index (κ3) is 7.14. The average molecular weight is 937 g/mol. The summed E-state index contributed by atoms with van der Waals surface area (Å²) in [5.74, 6) is 2.99. The lowest BCUT2D eigenvalue weighted by Gasteiger charge is -2.46. The summed E-state index contributed by atoms with van der Waals surface area (Å²) >= 11 is 2.06. The number of benzene rings is 4. The standard InChI is InChI=1S/C64H76N2S2/c1-13-22-42(14-2)33-45-36-51-46-25-18-19-26-47(46)57(41(9)58(51)63(45)68(10,11)12)61-52-32-40(8)56-48-30-29-39(7)31-55(48)67-62(56)59(52)64-65(53-27-20-21-28-54(53)66(61)64)60-49(37(3)4)34-44(35-50(60)38(5)6)43-23-16-15-17-24-43/h15-18,20-21,23,25,27-32,34-38,41-43,51,57,61,64H,13-14,19,22,24,26,33H2,1-12H3. The van der Waals surface area contributed by atoms with Gasteiger partial charge in [0.25, 0.3) is 0 Å². The maximum Gasteiger partial charge on any atom is 0.135 e. The van der Waals surface area contributed by atoms with E-state index in [1.54, 1.807) is 38.3 Å². The van der Waals surface area contributed by atoms with E-state index in [-0.39, 0.29) is 12.2 Å². The molecular weight excluding hydrogens is 861 g/mol. The van der Waals surface area contributed by atoms with Gasteiger partial charge in [-0.15, -0.1) is 11.3 Å². The van der Waals surface area contributed by atoms with Crippen LogP contribution in [0.15, 0.2) is 130 Å². The van der Waals surface area contributed by atoms with Gasteiger partial charge in [-0.25, -0.2) is 10.0 Å². The summed E-state index contributed by atoms with van der Waals surface area (Å²) in [4.78, 5) is 7.64. The van der Waals surface area contributed by atoms with E-state index in [4.69, 9.17) is 0 Å². The molecule has 6 aliphatic rings. The molecule has 1 aromatic heterocycles. The highest BCUT2D eigenvalue weighted by Crippen LogP contribution is 2.69. The Morgan fingerprint density at radius 2 is 1.62 bits per heavy atom. The first kappa shape index (κ1) is 45.9. The van der Waals surface area contributed by atoms with E-state index in [0.29, 0.717) is 35.5 Å². The Morgan fingerprint density at radius 3 is 2.29 bits per heavy atom. The predicted molar refractivity (Wildman–Crippen MR) is 301 cm³/mol. The number of para-hydroxylation sites is 2. The number of aryl methyl sites for hydroxylation is 2. The molecule has 4 heteroatoms. The zero-order valence-electron chi connectivity index (χ0n) is 43.2. The van der Waals surface area contributed by atoms with Crippen LogP contribution in [0.1, 0.15) is 162 Å². The fourth-order valence-corrected chi connectivity index (χ4v) is 17.6. The summed E-state index contributed by atoms with van der Waals surface area (Å²) < 4.78 is 2.91. The number of anilines is 3. The van der Waals surface area contributed by atoms with Gasteiger partial charge in [-0.3, -0.25) is 0 Å². The van der Waals surface area contributed by atoms with Gasteiger partial charge in [0.05, 0.1) is 23.1 Å². The Hall–Kier alpha value is -4.51. The van der Waals surface area contributed by atoms with Crippen molar-refractivity contribution in [2.24, 2.45) is 23.7 Å². The quantitative estimate of drug-likeness (QED) is 0.130.